The molecule has 0 bridgehead atoms. The first-order valence-corrected chi connectivity index (χ1v) is 12.8. The van der Waals surface area contributed by atoms with E-state index in [0.29, 0.717) is 24.8 Å². The molecule has 7 nitrogen and oxygen atoms in total. The van der Waals surface area contributed by atoms with Gasteiger partial charge in [0.15, 0.2) is 0 Å². The van der Waals surface area contributed by atoms with Gasteiger partial charge < -0.3 is 20.1 Å². The Morgan fingerprint density at radius 1 is 1.11 bits per heavy atom. The fourth-order valence-corrected chi connectivity index (χ4v) is 4.17. The molecule has 36 heavy (non-hydrogen) atoms. The predicted octanol–water partition coefficient (Wildman–Crippen LogP) is 3.91. The molecular weight excluding hydrogens is 454 g/mol. The molecule has 0 saturated carbocycles. The van der Waals surface area contributed by atoms with Gasteiger partial charge in [-0.05, 0) is 67.6 Å². The van der Waals surface area contributed by atoms with Gasteiger partial charge in [-0.2, -0.15) is 0 Å². The Morgan fingerprint density at radius 2 is 1.81 bits per heavy atom. The number of carbonyl (C=O) groups excluding carboxylic acids is 2. The lowest BCUT2D eigenvalue weighted by atomic mass is 9.86. The van der Waals surface area contributed by atoms with Gasteiger partial charge in [-0.25, -0.2) is 0 Å². The van der Waals surface area contributed by atoms with Crippen LogP contribution in [0, 0.1) is 0 Å². The fraction of sp³-hybridized carbons (Fsp3) is 0.517. The van der Waals surface area contributed by atoms with Crippen LogP contribution < -0.4 is 15.4 Å². The molecule has 2 amide bonds. The number of nitrogens with zero attached hydrogens (tertiary/aromatic N) is 1. The summed E-state index contributed by atoms with van der Waals surface area (Å²) >= 11 is 0. The lowest BCUT2D eigenvalue weighted by Crippen LogP contribution is -2.44. The van der Waals surface area contributed by atoms with Crippen LogP contribution in [0.25, 0.3) is 0 Å². The van der Waals surface area contributed by atoms with Gasteiger partial charge in [0.1, 0.15) is 18.4 Å². The van der Waals surface area contributed by atoms with E-state index in [9.17, 15) is 9.59 Å². The maximum absolute atomic E-state index is 12.6. The second-order valence-electron chi connectivity index (χ2n) is 10.6. The molecular formula is C29H41N3O4. The zero-order valence-electron chi connectivity index (χ0n) is 22.3. The highest BCUT2D eigenvalue weighted by Crippen LogP contribution is 2.22. The van der Waals surface area contributed by atoms with Crippen molar-refractivity contribution in [3.63, 3.8) is 0 Å². The summed E-state index contributed by atoms with van der Waals surface area (Å²) in [6, 6.07) is 15.1. The van der Waals surface area contributed by atoms with Gasteiger partial charge >= 0.3 is 0 Å². The molecule has 1 heterocycles. The van der Waals surface area contributed by atoms with Crippen LogP contribution in [0.3, 0.4) is 0 Å². The first-order valence-electron chi connectivity index (χ1n) is 12.8. The van der Waals surface area contributed by atoms with E-state index in [1.54, 1.807) is 19.1 Å². The van der Waals surface area contributed by atoms with Crippen LogP contribution in [0.15, 0.2) is 48.5 Å². The molecule has 2 N–H and O–H groups in total. The van der Waals surface area contributed by atoms with Crippen molar-refractivity contribution >= 4 is 11.8 Å². The summed E-state index contributed by atoms with van der Waals surface area (Å²) in [7, 11) is 2.13. The molecule has 2 aromatic carbocycles. The molecule has 1 atom stereocenters. The summed E-state index contributed by atoms with van der Waals surface area (Å²) in [6.45, 7) is 11.5. The average molecular weight is 496 g/mol. The fourth-order valence-electron chi connectivity index (χ4n) is 4.17. The third kappa shape index (κ3) is 8.35. The van der Waals surface area contributed by atoms with Crippen LogP contribution in [0.2, 0.25) is 0 Å². The van der Waals surface area contributed by atoms with E-state index in [-0.39, 0.29) is 17.2 Å². The van der Waals surface area contributed by atoms with E-state index in [4.69, 9.17) is 9.47 Å². The van der Waals surface area contributed by atoms with Crippen molar-refractivity contribution in [3.8, 4) is 5.75 Å². The second-order valence-corrected chi connectivity index (χ2v) is 10.6. The van der Waals surface area contributed by atoms with Crippen LogP contribution in [0.4, 0.5) is 0 Å². The zero-order chi connectivity index (χ0) is 26.1. The zero-order valence-corrected chi connectivity index (χ0v) is 22.3. The summed E-state index contributed by atoms with van der Waals surface area (Å²) in [5, 5.41) is 5.68. The van der Waals surface area contributed by atoms with Crippen LogP contribution in [-0.2, 0) is 21.5 Å². The Hall–Kier alpha value is -2.90. The van der Waals surface area contributed by atoms with Crippen molar-refractivity contribution in [3.05, 3.63) is 65.2 Å². The van der Waals surface area contributed by atoms with Crippen molar-refractivity contribution in [1.29, 1.82) is 0 Å². The number of amides is 2. The van der Waals surface area contributed by atoms with Gasteiger partial charge in [0.05, 0.1) is 0 Å². The molecule has 3 rings (SSSR count). The van der Waals surface area contributed by atoms with Crippen LogP contribution in [0.5, 0.6) is 5.75 Å². The molecule has 196 valence electrons. The van der Waals surface area contributed by atoms with Crippen molar-refractivity contribution in [2.75, 3.05) is 33.4 Å². The van der Waals surface area contributed by atoms with Crippen molar-refractivity contribution in [2.45, 2.75) is 64.6 Å². The van der Waals surface area contributed by atoms with Gasteiger partial charge in [-0.3, -0.25) is 14.5 Å². The van der Waals surface area contributed by atoms with Crippen LogP contribution in [-0.4, -0.2) is 62.2 Å². The van der Waals surface area contributed by atoms with E-state index in [0.717, 1.165) is 49.5 Å². The number of hydrogen-bond acceptors (Lipinski definition) is 5. The molecule has 0 aliphatic carbocycles. The summed E-state index contributed by atoms with van der Waals surface area (Å²) in [4.78, 5) is 27.5. The normalized spacial score (nSPS) is 15.4. The summed E-state index contributed by atoms with van der Waals surface area (Å²) in [5.74, 6) is 0.278. The van der Waals surface area contributed by atoms with Gasteiger partial charge in [-0.15, -0.1) is 0 Å². The molecule has 0 aromatic heterocycles. The van der Waals surface area contributed by atoms with Crippen molar-refractivity contribution in [2.24, 2.45) is 0 Å². The minimum absolute atomic E-state index is 0.0195. The molecule has 0 spiro atoms. The Bertz CT molecular complexity index is 994. The topological polar surface area (TPSA) is 79.9 Å². The summed E-state index contributed by atoms with van der Waals surface area (Å²) < 4.78 is 11.4. The van der Waals surface area contributed by atoms with Gasteiger partial charge in [0, 0.05) is 37.9 Å². The Morgan fingerprint density at radius 3 is 2.47 bits per heavy atom. The number of hydrogen-bond donors (Lipinski definition) is 2. The summed E-state index contributed by atoms with van der Waals surface area (Å²) in [5.41, 5.74) is 2.65. The Balaban J connectivity index is 1.42. The monoisotopic (exact) mass is 495 g/mol. The predicted molar refractivity (Wildman–Crippen MR) is 142 cm³/mol. The first kappa shape index (κ1) is 27.7. The third-order valence-electron chi connectivity index (χ3n) is 6.65. The average Bonchev–Trinajstić information content (AvgIpc) is 2.87. The van der Waals surface area contributed by atoms with Crippen LogP contribution in [0.1, 0.15) is 62.0 Å². The highest BCUT2D eigenvalue weighted by molar-refractivity contribution is 5.97. The van der Waals surface area contributed by atoms with E-state index in [2.05, 4.69) is 43.4 Å². The molecule has 1 unspecified atom stereocenters. The van der Waals surface area contributed by atoms with E-state index < -0.39 is 6.04 Å². The minimum atomic E-state index is -0.653. The maximum Gasteiger partial charge on any atom is 0.251 e. The molecule has 1 aliphatic rings. The Kier molecular flexibility index (Phi) is 9.90. The smallest absolute Gasteiger partial charge is 0.251 e. The standard InChI is InChI=1S/C29H41N3O4/c1-21(31-28(34)23-9-11-24(12-10-23)29(2,3)4)27(33)30-20-22-7-6-8-26(19-22)36-18-15-32(5)25-13-16-35-17-14-25/h6-12,19,21,25H,13-18,20H2,1-5H3,(H,30,33)(H,31,34). The van der Waals surface area contributed by atoms with Gasteiger partial charge in [-0.1, -0.05) is 45.0 Å². The molecule has 0 radical (unpaired) electrons. The number of carbonyl (C=O) groups is 2. The van der Waals surface area contributed by atoms with Crippen LogP contribution >= 0.6 is 0 Å². The van der Waals surface area contributed by atoms with E-state index in [1.807, 2.05) is 36.4 Å². The van der Waals surface area contributed by atoms with E-state index in [1.165, 1.54) is 0 Å². The number of nitrogens with one attached hydrogen (secondary N) is 2. The van der Waals surface area contributed by atoms with Crippen molar-refractivity contribution in [1.82, 2.24) is 15.5 Å². The third-order valence-corrected chi connectivity index (χ3v) is 6.65. The molecule has 1 saturated heterocycles. The number of benzene rings is 2. The molecule has 2 aromatic rings. The van der Waals surface area contributed by atoms with Gasteiger partial charge in [0.2, 0.25) is 5.91 Å². The highest BCUT2D eigenvalue weighted by Gasteiger charge is 2.19. The van der Waals surface area contributed by atoms with E-state index >= 15 is 0 Å². The highest BCUT2D eigenvalue weighted by atomic mass is 16.5. The summed E-state index contributed by atoms with van der Waals surface area (Å²) in [6.07, 6.45) is 2.13. The minimum Gasteiger partial charge on any atom is -0.492 e. The lowest BCUT2D eigenvalue weighted by molar-refractivity contribution is -0.122. The van der Waals surface area contributed by atoms with Crippen molar-refractivity contribution < 1.29 is 19.1 Å². The Labute approximate surface area is 215 Å². The maximum atomic E-state index is 12.6. The number of ether oxygens (including phenoxy) is 2. The van der Waals surface area contributed by atoms with Gasteiger partial charge in [0.25, 0.3) is 5.91 Å². The molecule has 7 heteroatoms. The number of likely N-dealkylation sites (N-methyl/N-ethyl adjacent to an activating group) is 1. The quantitative estimate of drug-likeness (QED) is 0.523. The first-order chi connectivity index (χ1) is 17.1. The SMILES string of the molecule is CC(NC(=O)c1ccc(C(C)(C)C)cc1)C(=O)NCc1cccc(OCCN(C)C2CCOCC2)c1. The second kappa shape index (κ2) is 12.9. The lowest BCUT2D eigenvalue weighted by Gasteiger charge is -2.31. The molecule has 1 fully saturated rings. The number of rotatable bonds is 10. The largest absolute Gasteiger partial charge is 0.492 e. The molecule has 1 aliphatic heterocycles.